The van der Waals surface area contributed by atoms with Gasteiger partial charge < -0.3 is 19.3 Å². The van der Waals surface area contributed by atoms with Crippen molar-refractivity contribution in [2.45, 2.75) is 32.0 Å². The van der Waals surface area contributed by atoms with Crippen LogP contribution in [0.25, 0.3) is 11.4 Å². The van der Waals surface area contributed by atoms with Crippen LogP contribution in [0, 0.1) is 0 Å². The van der Waals surface area contributed by atoms with Crippen molar-refractivity contribution in [3.63, 3.8) is 0 Å². The number of phenols is 1. The summed E-state index contributed by atoms with van der Waals surface area (Å²) >= 11 is 0. The predicted molar refractivity (Wildman–Crippen MR) is 88.8 cm³/mol. The molecule has 1 aromatic heterocycles. The molecule has 24 heavy (non-hydrogen) atoms. The molecule has 128 valence electrons. The van der Waals surface area contributed by atoms with Gasteiger partial charge in [-0.3, -0.25) is 0 Å². The van der Waals surface area contributed by atoms with Gasteiger partial charge in [-0.2, -0.15) is 0 Å². The fourth-order valence-corrected chi connectivity index (χ4v) is 2.46. The standard InChI is InChI=1S/C18H22N2O4/c21-15-7-5-14(6-8-15)18-19-12-16(13-20-18)22-10-3-11-24-17-4-1-2-9-23-17/h5-8,12-13,17,21H,1-4,9-11H2. The number of hydrogen-bond donors (Lipinski definition) is 1. The summed E-state index contributed by atoms with van der Waals surface area (Å²) < 4.78 is 16.8. The minimum absolute atomic E-state index is 0.0494. The Bertz CT molecular complexity index is 610. The Kier molecular flexibility index (Phi) is 5.98. The second-order valence-corrected chi connectivity index (χ2v) is 5.66. The van der Waals surface area contributed by atoms with Gasteiger partial charge in [0.15, 0.2) is 17.9 Å². The molecule has 0 aliphatic carbocycles. The molecule has 2 aromatic rings. The van der Waals surface area contributed by atoms with Crippen LogP contribution in [0.3, 0.4) is 0 Å². The molecule has 0 bridgehead atoms. The predicted octanol–water partition coefficient (Wildman–Crippen LogP) is 3.16. The van der Waals surface area contributed by atoms with Crippen molar-refractivity contribution in [3.8, 4) is 22.9 Å². The SMILES string of the molecule is Oc1ccc(-c2ncc(OCCCOC3CCCCO3)cn2)cc1. The Labute approximate surface area is 141 Å². The molecule has 3 rings (SSSR count). The molecular weight excluding hydrogens is 308 g/mol. The number of rotatable bonds is 7. The Morgan fingerprint density at radius 1 is 1.08 bits per heavy atom. The summed E-state index contributed by atoms with van der Waals surface area (Å²) in [5.74, 6) is 1.45. The lowest BCUT2D eigenvalue weighted by molar-refractivity contribution is -0.163. The van der Waals surface area contributed by atoms with Crippen molar-refractivity contribution < 1.29 is 19.3 Å². The summed E-state index contributed by atoms with van der Waals surface area (Å²) in [6.45, 7) is 1.97. The molecule has 1 aliphatic heterocycles. The third-order valence-corrected chi connectivity index (χ3v) is 3.75. The van der Waals surface area contributed by atoms with Crippen LogP contribution in [-0.4, -0.2) is 41.2 Å². The van der Waals surface area contributed by atoms with Gasteiger partial charge in [-0.15, -0.1) is 0 Å². The highest BCUT2D eigenvalue weighted by molar-refractivity contribution is 5.55. The average molecular weight is 330 g/mol. The molecule has 6 nitrogen and oxygen atoms in total. The van der Waals surface area contributed by atoms with Crippen LogP contribution in [-0.2, 0) is 9.47 Å². The molecular formula is C18H22N2O4. The lowest BCUT2D eigenvalue weighted by Crippen LogP contribution is -2.23. The number of benzene rings is 1. The lowest BCUT2D eigenvalue weighted by Gasteiger charge is -2.22. The van der Waals surface area contributed by atoms with E-state index in [1.807, 2.05) is 0 Å². The molecule has 0 radical (unpaired) electrons. The van der Waals surface area contributed by atoms with Crippen LogP contribution in [0.1, 0.15) is 25.7 Å². The zero-order valence-corrected chi connectivity index (χ0v) is 13.6. The van der Waals surface area contributed by atoms with Gasteiger partial charge in [0.1, 0.15) is 5.75 Å². The summed E-state index contributed by atoms with van der Waals surface area (Å²) in [7, 11) is 0. The largest absolute Gasteiger partial charge is 0.508 e. The minimum atomic E-state index is -0.0494. The van der Waals surface area contributed by atoms with Gasteiger partial charge in [-0.1, -0.05) is 0 Å². The first-order valence-electron chi connectivity index (χ1n) is 8.29. The van der Waals surface area contributed by atoms with E-state index in [4.69, 9.17) is 14.2 Å². The molecule has 1 N–H and O–H groups in total. The fourth-order valence-electron chi connectivity index (χ4n) is 2.46. The van der Waals surface area contributed by atoms with Gasteiger partial charge >= 0.3 is 0 Å². The monoisotopic (exact) mass is 330 g/mol. The van der Waals surface area contributed by atoms with Gasteiger partial charge in [-0.05, 0) is 43.5 Å². The molecule has 1 aromatic carbocycles. The van der Waals surface area contributed by atoms with Crippen molar-refractivity contribution in [3.05, 3.63) is 36.7 Å². The van der Waals surface area contributed by atoms with Gasteiger partial charge in [0, 0.05) is 18.6 Å². The number of aromatic nitrogens is 2. The molecule has 1 aliphatic rings. The van der Waals surface area contributed by atoms with Crippen molar-refractivity contribution >= 4 is 0 Å². The highest BCUT2D eigenvalue weighted by Gasteiger charge is 2.13. The number of nitrogens with zero attached hydrogens (tertiary/aromatic N) is 2. The van der Waals surface area contributed by atoms with E-state index in [0.717, 1.165) is 31.4 Å². The van der Waals surface area contributed by atoms with Gasteiger partial charge in [0.05, 0.1) is 25.6 Å². The summed E-state index contributed by atoms with van der Waals surface area (Å²) in [4.78, 5) is 8.56. The number of hydrogen-bond acceptors (Lipinski definition) is 6. The van der Waals surface area contributed by atoms with E-state index in [0.29, 0.717) is 24.8 Å². The Morgan fingerprint density at radius 3 is 2.58 bits per heavy atom. The maximum atomic E-state index is 9.29. The zero-order chi connectivity index (χ0) is 16.6. The van der Waals surface area contributed by atoms with E-state index >= 15 is 0 Å². The molecule has 1 unspecified atom stereocenters. The van der Waals surface area contributed by atoms with Crippen molar-refractivity contribution in [1.82, 2.24) is 9.97 Å². The smallest absolute Gasteiger partial charge is 0.159 e. The second-order valence-electron chi connectivity index (χ2n) is 5.66. The average Bonchev–Trinajstić information content (AvgIpc) is 2.64. The fraction of sp³-hybridized carbons (Fsp3) is 0.444. The van der Waals surface area contributed by atoms with Crippen LogP contribution in [0.2, 0.25) is 0 Å². The molecule has 6 heteroatoms. The maximum Gasteiger partial charge on any atom is 0.159 e. The molecule has 0 spiro atoms. The van der Waals surface area contributed by atoms with E-state index in [9.17, 15) is 5.11 Å². The van der Waals surface area contributed by atoms with Gasteiger partial charge in [-0.25, -0.2) is 9.97 Å². The summed E-state index contributed by atoms with van der Waals surface area (Å²) in [6, 6.07) is 6.77. The van der Waals surface area contributed by atoms with E-state index in [1.165, 1.54) is 6.42 Å². The third-order valence-electron chi connectivity index (χ3n) is 3.75. The number of phenolic OH excluding ortho intramolecular Hbond substituents is 1. The zero-order valence-electron chi connectivity index (χ0n) is 13.6. The second kappa shape index (κ2) is 8.61. The van der Waals surface area contributed by atoms with Crippen molar-refractivity contribution in [1.29, 1.82) is 0 Å². The molecule has 1 saturated heterocycles. The first-order valence-corrected chi connectivity index (χ1v) is 8.29. The highest BCUT2D eigenvalue weighted by Crippen LogP contribution is 2.19. The van der Waals surface area contributed by atoms with Crippen LogP contribution in [0.5, 0.6) is 11.5 Å². The molecule has 2 heterocycles. The molecule has 0 saturated carbocycles. The Balaban J connectivity index is 1.39. The van der Waals surface area contributed by atoms with Crippen molar-refractivity contribution in [2.75, 3.05) is 19.8 Å². The summed E-state index contributed by atoms with van der Waals surface area (Å²) in [5.41, 5.74) is 0.847. The molecule has 1 fully saturated rings. The van der Waals surface area contributed by atoms with Crippen LogP contribution in [0.4, 0.5) is 0 Å². The van der Waals surface area contributed by atoms with E-state index in [1.54, 1.807) is 36.7 Å². The molecule has 0 amide bonds. The first-order chi connectivity index (χ1) is 11.8. The quantitative estimate of drug-likeness (QED) is 0.786. The van der Waals surface area contributed by atoms with Gasteiger partial charge in [0.2, 0.25) is 0 Å². The minimum Gasteiger partial charge on any atom is -0.508 e. The Hall–Kier alpha value is -2.18. The number of aromatic hydroxyl groups is 1. The topological polar surface area (TPSA) is 73.7 Å². The van der Waals surface area contributed by atoms with Gasteiger partial charge in [0.25, 0.3) is 0 Å². The lowest BCUT2D eigenvalue weighted by atomic mass is 10.2. The summed E-state index contributed by atoms with van der Waals surface area (Å²) in [5, 5.41) is 9.29. The maximum absolute atomic E-state index is 9.29. The Morgan fingerprint density at radius 2 is 1.88 bits per heavy atom. The molecule has 1 atom stereocenters. The van der Waals surface area contributed by atoms with E-state index in [2.05, 4.69) is 9.97 Å². The number of ether oxygens (including phenoxy) is 3. The van der Waals surface area contributed by atoms with E-state index in [-0.39, 0.29) is 12.0 Å². The van der Waals surface area contributed by atoms with Crippen LogP contribution < -0.4 is 4.74 Å². The highest BCUT2D eigenvalue weighted by atomic mass is 16.7. The van der Waals surface area contributed by atoms with Crippen LogP contribution in [0.15, 0.2) is 36.7 Å². The van der Waals surface area contributed by atoms with Crippen LogP contribution >= 0.6 is 0 Å². The van der Waals surface area contributed by atoms with E-state index < -0.39 is 0 Å². The summed E-state index contributed by atoms with van der Waals surface area (Å²) in [6.07, 6.45) is 7.33. The first kappa shape index (κ1) is 16.7. The normalized spacial score (nSPS) is 17.6. The van der Waals surface area contributed by atoms with Crippen molar-refractivity contribution in [2.24, 2.45) is 0 Å². The third kappa shape index (κ3) is 4.91.